The van der Waals surface area contributed by atoms with Crippen LogP contribution in [0.15, 0.2) is 42.4 Å². The standard InChI is InChI=1S/C15H16F4IN3/c1-5-11(21)10(6-9(2)15(18,19)20-4)12-7-13(14(3,16)17)23-8-22-12/h5-8H,2,4,21H2,1,3H3/b10-6+,11-5+. The van der Waals surface area contributed by atoms with Crippen molar-refractivity contribution in [1.82, 2.24) is 9.97 Å². The number of aromatic nitrogens is 2. The van der Waals surface area contributed by atoms with Crippen molar-refractivity contribution in [2.75, 3.05) is 0 Å². The molecule has 8 heteroatoms. The second-order valence-electron chi connectivity index (χ2n) is 4.64. The molecule has 23 heavy (non-hydrogen) atoms. The Bertz CT molecular complexity index is 676. The smallest absolute Gasteiger partial charge is 0.315 e. The predicted molar refractivity (Wildman–Crippen MR) is 92.7 cm³/mol. The molecule has 0 unspecified atom stereocenters. The Morgan fingerprint density at radius 3 is 2.39 bits per heavy atom. The van der Waals surface area contributed by atoms with E-state index < -0.39 is 41.8 Å². The van der Waals surface area contributed by atoms with E-state index in [4.69, 9.17) is 5.73 Å². The summed E-state index contributed by atoms with van der Waals surface area (Å²) in [5.41, 5.74) is 5.01. The first-order valence-electron chi connectivity index (χ1n) is 6.34. The molecule has 0 fully saturated rings. The summed E-state index contributed by atoms with van der Waals surface area (Å²) in [5, 5.41) is 0. The minimum absolute atomic E-state index is 0.0198. The number of nitrogens with two attached hydrogens (primary N) is 1. The lowest BCUT2D eigenvalue weighted by Crippen LogP contribution is -2.13. The van der Waals surface area contributed by atoms with Crippen LogP contribution in [-0.4, -0.2) is 18.4 Å². The summed E-state index contributed by atoms with van der Waals surface area (Å²) < 4.78 is 54.3. The van der Waals surface area contributed by atoms with Gasteiger partial charge in [-0.2, -0.15) is 17.6 Å². The Morgan fingerprint density at radius 1 is 1.30 bits per heavy atom. The van der Waals surface area contributed by atoms with Gasteiger partial charge in [-0.05, 0) is 39.8 Å². The molecule has 2 N–H and O–H groups in total. The maximum absolute atomic E-state index is 13.7. The predicted octanol–water partition coefficient (Wildman–Crippen LogP) is 4.39. The van der Waals surface area contributed by atoms with E-state index in [1.54, 1.807) is 6.92 Å². The highest BCUT2D eigenvalue weighted by Crippen LogP contribution is 2.37. The third kappa shape index (κ3) is 4.95. The van der Waals surface area contributed by atoms with E-state index in [-0.39, 0.29) is 17.0 Å². The van der Waals surface area contributed by atoms with Gasteiger partial charge in [0.1, 0.15) is 12.0 Å². The van der Waals surface area contributed by atoms with Crippen LogP contribution in [0.3, 0.4) is 0 Å². The summed E-state index contributed by atoms with van der Waals surface area (Å²) in [5.74, 6) is -3.19. The van der Waals surface area contributed by atoms with Crippen molar-refractivity contribution in [3.05, 3.63) is 53.8 Å². The third-order valence-electron chi connectivity index (χ3n) is 2.87. The van der Waals surface area contributed by atoms with Crippen molar-refractivity contribution in [3.63, 3.8) is 0 Å². The van der Waals surface area contributed by atoms with Crippen molar-refractivity contribution in [3.8, 4) is 0 Å². The van der Waals surface area contributed by atoms with Gasteiger partial charge in [-0.25, -0.2) is 9.97 Å². The van der Waals surface area contributed by atoms with Crippen LogP contribution in [0.1, 0.15) is 25.2 Å². The molecule has 0 spiro atoms. The summed E-state index contributed by atoms with van der Waals surface area (Å²) in [7, 11) is 0. The van der Waals surface area contributed by atoms with Gasteiger partial charge in [-0.15, -0.1) is 0 Å². The Morgan fingerprint density at radius 2 is 1.91 bits per heavy atom. The monoisotopic (exact) mass is 441 g/mol. The van der Waals surface area contributed by atoms with Crippen molar-refractivity contribution >= 4 is 30.8 Å². The van der Waals surface area contributed by atoms with Gasteiger partial charge in [0, 0.05) is 23.8 Å². The number of rotatable bonds is 6. The molecule has 1 aromatic heterocycles. The van der Waals surface area contributed by atoms with Crippen molar-refractivity contribution in [2.24, 2.45) is 5.73 Å². The summed E-state index contributed by atoms with van der Waals surface area (Å²) in [6, 6.07) is 1.02. The average Bonchev–Trinajstić information content (AvgIpc) is 2.50. The summed E-state index contributed by atoms with van der Waals surface area (Å²) in [6.07, 6.45) is 3.45. The molecular weight excluding hydrogens is 425 g/mol. The van der Waals surface area contributed by atoms with E-state index in [1.165, 1.54) is 6.08 Å². The molecule has 0 bridgehead atoms. The zero-order valence-corrected chi connectivity index (χ0v) is 14.7. The third-order valence-corrected chi connectivity index (χ3v) is 4.52. The first-order chi connectivity index (χ1) is 10.5. The molecule has 0 atom stereocenters. The average molecular weight is 441 g/mol. The number of halogens is 5. The molecule has 0 aromatic carbocycles. The number of hydrogen-bond donors (Lipinski definition) is 1. The minimum atomic E-state index is -3.19. The lowest BCUT2D eigenvalue weighted by Gasteiger charge is -2.15. The SMILES string of the molecule is C=IC(F)(F)C(=C)/C=C(\C(N)=C/C)c1cc(C(C)(F)F)ncn1. The Balaban J connectivity index is 3.46. The van der Waals surface area contributed by atoms with E-state index in [0.717, 1.165) is 18.5 Å². The molecule has 0 saturated heterocycles. The summed E-state index contributed by atoms with van der Waals surface area (Å²) in [6.45, 7) is 5.61. The van der Waals surface area contributed by atoms with Gasteiger partial charge < -0.3 is 5.73 Å². The quantitative estimate of drug-likeness (QED) is 0.309. The van der Waals surface area contributed by atoms with Gasteiger partial charge in [0.15, 0.2) is 0 Å². The first-order valence-corrected chi connectivity index (χ1v) is 8.94. The number of alkyl halides is 5. The van der Waals surface area contributed by atoms with E-state index in [1.807, 2.05) is 0 Å². The van der Waals surface area contributed by atoms with Crippen molar-refractivity contribution in [2.45, 2.75) is 23.7 Å². The largest absolute Gasteiger partial charge is 0.398 e. The molecule has 0 amide bonds. The van der Waals surface area contributed by atoms with Gasteiger partial charge in [-0.1, -0.05) is 17.2 Å². The number of hydrogen-bond acceptors (Lipinski definition) is 3. The fourth-order valence-corrected chi connectivity index (χ4v) is 2.19. The molecule has 0 radical (unpaired) electrons. The molecule has 1 aromatic rings. The molecule has 0 aliphatic carbocycles. The topological polar surface area (TPSA) is 51.8 Å². The minimum Gasteiger partial charge on any atom is -0.398 e. The Kier molecular flexibility index (Phi) is 6.20. The van der Waals surface area contributed by atoms with Crippen LogP contribution < -0.4 is 5.73 Å². The van der Waals surface area contributed by atoms with E-state index in [9.17, 15) is 17.6 Å². The Labute approximate surface area is 141 Å². The molecule has 1 rings (SSSR count). The van der Waals surface area contributed by atoms with E-state index >= 15 is 0 Å². The number of nitrogens with zero attached hydrogens (tertiary/aromatic N) is 2. The van der Waals surface area contributed by atoms with Crippen molar-refractivity contribution in [1.29, 1.82) is 0 Å². The number of allylic oxidation sites excluding steroid dienone is 4. The molecule has 1 heterocycles. The second-order valence-corrected chi connectivity index (χ2v) is 6.75. The van der Waals surface area contributed by atoms with Crippen LogP contribution in [0.4, 0.5) is 17.6 Å². The Hall–Kier alpha value is -1.58. The maximum Gasteiger partial charge on any atom is 0.315 e. The van der Waals surface area contributed by atoms with Gasteiger partial charge >= 0.3 is 3.93 Å². The van der Waals surface area contributed by atoms with Crippen LogP contribution in [-0.2, 0) is 5.92 Å². The van der Waals surface area contributed by atoms with E-state index in [0.29, 0.717) is 6.92 Å². The molecule has 0 saturated carbocycles. The van der Waals surface area contributed by atoms with Crippen LogP contribution in [0.5, 0.6) is 0 Å². The van der Waals surface area contributed by atoms with Crippen molar-refractivity contribution < 1.29 is 17.6 Å². The fraction of sp³-hybridized carbons (Fsp3) is 0.267. The first kappa shape index (κ1) is 19.5. The van der Waals surface area contributed by atoms with Gasteiger partial charge in [0.25, 0.3) is 5.92 Å². The fourth-order valence-electron chi connectivity index (χ4n) is 1.55. The molecule has 126 valence electrons. The lowest BCUT2D eigenvalue weighted by atomic mass is 10.0. The summed E-state index contributed by atoms with van der Waals surface area (Å²) in [4.78, 5) is 7.36. The van der Waals surface area contributed by atoms with Crippen LogP contribution in [0, 0.1) is 0 Å². The summed E-state index contributed by atoms with van der Waals surface area (Å²) >= 11 is -1.67. The molecule has 3 nitrogen and oxygen atoms in total. The zero-order chi connectivity index (χ0) is 17.8. The molecular formula is C15H16F4IN3. The van der Waals surface area contributed by atoms with E-state index in [2.05, 4.69) is 21.1 Å². The molecule has 0 aliphatic heterocycles. The maximum atomic E-state index is 13.7. The second kappa shape index (κ2) is 7.33. The van der Waals surface area contributed by atoms with Crippen LogP contribution in [0.25, 0.3) is 5.57 Å². The van der Waals surface area contributed by atoms with Gasteiger partial charge in [0.2, 0.25) is 0 Å². The van der Waals surface area contributed by atoms with Gasteiger partial charge in [-0.3, -0.25) is 0 Å². The highest BCUT2D eigenvalue weighted by atomic mass is 127. The lowest BCUT2D eigenvalue weighted by molar-refractivity contribution is 0.0126. The highest BCUT2D eigenvalue weighted by molar-refractivity contribution is 14.2. The van der Waals surface area contributed by atoms with Crippen LogP contribution >= 0.6 is 20.7 Å². The zero-order valence-electron chi connectivity index (χ0n) is 12.6. The molecule has 0 aliphatic rings. The highest BCUT2D eigenvalue weighted by Gasteiger charge is 2.30. The normalized spacial score (nSPS) is 14.0. The van der Waals surface area contributed by atoms with Gasteiger partial charge in [0.05, 0.1) is 5.69 Å². The van der Waals surface area contributed by atoms with Crippen LogP contribution in [0.2, 0.25) is 0 Å².